The molecule has 0 unspecified atom stereocenters. The molecule has 0 bridgehead atoms. The standard InChI is InChI=1S/C15H19N3O3/c1-8(2)13-10(3-4-12(19)17-13)15(21)18-6-9-5-16-14(20)11(9)7-18/h3-4,8-9,11H,5-7H2,1-2H3,(H,16,20)(H,17,19)/t9-,11+/m0/s1. The Hall–Kier alpha value is -2.11. The largest absolute Gasteiger partial charge is 0.355 e. The van der Waals surface area contributed by atoms with E-state index in [0.29, 0.717) is 30.9 Å². The Morgan fingerprint density at radius 2 is 2.05 bits per heavy atom. The predicted molar refractivity (Wildman–Crippen MR) is 77.0 cm³/mol. The lowest BCUT2D eigenvalue weighted by atomic mass is 10.0. The summed E-state index contributed by atoms with van der Waals surface area (Å²) in [6.07, 6.45) is 0. The molecule has 112 valence electrons. The minimum atomic E-state index is -0.201. The quantitative estimate of drug-likeness (QED) is 0.822. The Balaban J connectivity index is 1.87. The number of hydrogen-bond donors (Lipinski definition) is 2. The van der Waals surface area contributed by atoms with E-state index in [2.05, 4.69) is 10.3 Å². The Morgan fingerprint density at radius 1 is 1.29 bits per heavy atom. The minimum Gasteiger partial charge on any atom is -0.355 e. The molecule has 2 N–H and O–H groups in total. The summed E-state index contributed by atoms with van der Waals surface area (Å²) in [5.41, 5.74) is 0.993. The van der Waals surface area contributed by atoms with Crippen LogP contribution in [0.15, 0.2) is 16.9 Å². The van der Waals surface area contributed by atoms with Gasteiger partial charge in [-0.1, -0.05) is 13.8 Å². The van der Waals surface area contributed by atoms with Crippen LogP contribution in [0.3, 0.4) is 0 Å². The highest BCUT2D eigenvalue weighted by Crippen LogP contribution is 2.29. The number of amides is 2. The summed E-state index contributed by atoms with van der Waals surface area (Å²) in [5.74, 6) is 0.132. The van der Waals surface area contributed by atoms with Crippen molar-refractivity contribution in [3.8, 4) is 0 Å². The predicted octanol–water partition coefficient (Wildman–Crippen LogP) is 0.316. The van der Waals surface area contributed by atoms with Crippen LogP contribution >= 0.6 is 0 Å². The number of hydrogen-bond acceptors (Lipinski definition) is 3. The van der Waals surface area contributed by atoms with E-state index in [9.17, 15) is 14.4 Å². The van der Waals surface area contributed by atoms with Crippen LogP contribution in [0.2, 0.25) is 0 Å². The van der Waals surface area contributed by atoms with Crippen LogP contribution < -0.4 is 10.9 Å². The molecule has 6 heteroatoms. The Labute approximate surface area is 122 Å². The lowest BCUT2D eigenvalue weighted by Crippen LogP contribution is -2.34. The maximum absolute atomic E-state index is 12.7. The van der Waals surface area contributed by atoms with Gasteiger partial charge in [0.2, 0.25) is 11.5 Å². The van der Waals surface area contributed by atoms with E-state index < -0.39 is 0 Å². The number of nitrogens with zero attached hydrogens (tertiary/aromatic N) is 1. The number of aromatic amines is 1. The molecule has 2 fully saturated rings. The van der Waals surface area contributed by atoms with Crippen LogP contribution in [-0.4, -0.2) is 41.3 Å². The molecule has 3 rings (SSSR count). The van der Waals surface area contributed by atoms with Gasteiger partial charge in [0.1, 0.15) is 0 Å². The molecular weight excluding hydrogens is 270 g/mol. The number of rotatable bonds is 2. The first-order valence-electron chi connectivity index (χ1n) is 7.27. The van der Waals surface area contributed by atoms with Gasteiger partial charge < -0.3 is 15.2 Å². The molecule has 6 nitrogen and oxygen atoms in total. The first-order valence-corrected chi connectivity index (χ1v) is 7.27. The number of nitrogens with one attached hydrogen (secondary N) is 2. The van der Waals surface area contributed by atoms with E-state index in [1.807, 2.05) is 13.8 Å². The van der Waals surface area contributed by atoms with Crippen molar-refractivity contribution >= 4 is 11.8 Å². The average Bonchev–Trinajstić information content (AvgIpc) is 3.00. The summed E-state index contributed by atoms with van der Waals surface area (Å²) in [6.45, 7) is 5.59. The van der Waals surface area contributed by atoms with Crippen LogP contribution in [-0.2, 0) is 4.79 Å². The third-order valence-electron chi connectivity index (χ3n) is 4.36. The fraction of sp³-hybridized carbons (Fsp3) is 0.533. The van der Waals surface area contributed by atoms with Crippen LogP contribution in [0.25, 0.3) is 0 Å². The summed E-state index contributed by atoms with van der Waals surface area (Å²) in [4.78, 5) is 40.3. The zero-order chi connectivity index (χ0) is 15.1. The Kier molecular flexibility index (Phi) is 3.31. The van der Waals surface area contributed by atoms with Gasteiger partial charge in [-0.15, -0.1) is 0 Å². The molecular formula is C15H19N3O3. The highest BCUT2D eigenvalue weighted by molar-refractivity contribution is 5.96. The normalized spacial score (nSPS) is 24.3. The summed E-state index contributed by atoms with van der Waals surface area (Å²) in [7, 11) is 0. The van der Waals surface area contributed by atoms with Crippen molar-refractivity contribution in [2.24, 2.45) is 11.8 Å². The average molecular weight is 289 g/mol. The van der Waals surface area contributed by atoms with Crippen LogP contribution in [0.4, 0.5) is 0 Å². The third kappa shape index (κ3) is 2.34. The molecule has 1 aromatic rings. The molecule has 2 aliphatic heterocycles. The molecule has 0 aliphatic carbocycles. The third-order valence-corrected chi connectivity index (χ3v) is 4.36. The number of aromatic nitrogens is 1. The number of fused-ring (bicyclic) bond motifs is 1. The second kappa shape index (κ2) is 5.02. The van der Waals surface area contributed by atoms with Gasteiger partial charge >= 0.3 is 0 Å². The van der Waals surface area contributed by atoms with E-state index in [1.54, 1.807) is 11.0 Å². The van der Waals surface area contributed by atoms with Gasteiger partial charge in [-0.05, 0) is 12.0 Å². The van der Waals surface area contributed by atoms with E-state index in [4.69, 9.17) is 0 Å². The molecule has 1 aromatic heterocycles. The van der Waals surface area contributed by atoms with Crippen molar-refractivity contribution in [1.29, 1.82) is 0 Å². The van der Waals surface area contributed by atoms with E-state index in [-0.39, 0.29) is 35.1 Å². The molecule has 0 spiro atoms. The van der Waals surface area contributed by atoms with Crippen molar-refractivity contribution < 1.29 is 9.59 Å². The Morgan fingerprint density at radius 3 is 2.71 bits per heavy atom. The van der Waals surface area contributed by atoms with Gasteiger partial charge in [0, 0.05) is 37.3 Å². The SMILES string of the molecule is CC(C)c1[nH]c(=O)ccc1C(=O)N1C[C@@H]2CNC(=O)[C@@H]2C1. The number of likely N-dealkylation sites (tertiary alicyclic amines) is 1. The maximum Gasteiger partial charge on any atom is 0.255 e. The zero-order valence-corrected chi connectivity index (χ0v) is 12.2. The van der Waals surface area contributed by atoms with Gasteiger partial charge in [-0.2, -0.15) is 0 Å². The molecule has 21 heavy (non-hydrogen) atoms. The molecule has 2 amide bonds. The molecule has 0 aromatic carbocycles. The first-order chi connectivity index (χ1) is 9.97. The molecule has 0 saturated carbocycles. The van der Waals surface area contributed by atoms with Crippen LogP contribution in [0.1, 0.15) is 35.8 Å². The smallest absolute Gasteiger partial charge is 0.255 e. The monoisotopic (exact) mass is 289 g/mol. The van der Waals surface area contributed by atoms with Crippen LogP contribution in [0, 0.1) is 11.8 Å². The number of H-pyrrole nitrogens is 1. The Bertz CT molecular complexity index is 650. The molecule has 2 atom stereocenters. The van der Waals surface area contributed by atoms with Gasteiger partial charge in [0.25, 0.3) is 5.91 Å². The van der Waals surface area contributed by atoms with E-state index >= 15 is 0 Å². The minimum absolute atomic E-state index is 0.0425. The van der Waals surface area contributed by atoms with Crippen molar-refractivity contribution in [1.82, 2.24) is 15.2 Å². The van der Waals surface area contributed by atoms with Gasteiger partial charge in [-0.3, -0.25) is 14.4 Å². The van der Waals surface area contributed by atoms with E-state index in [0.717, 1.165) is 0 Å². The summed E-state index contributed by atoms with van der Waals surface area (Å²) < 4.78 is 0. The second-order valence-electron chi connectivity index (χ2n) is 6.13. The van der Waals surface area contributed by atoms with Gasteiger partial charge in [0.15, 0.2) is 0 Å². The van der Waals surface area contributed by atoms with Gasteiger partial charge in [0.05, 0.1) is 11.5 Å². The summed E-state index contributed by atoms with van der Waals surface area (Å²) in [6, 6.07) is 2.97. The zero-order valence-electron chi connectivity index (χ0n) is 12.2. The van der Waals surface area contributed by atoms with Crippen molar-refractivity contribution in [3.63, 3.8) is 0 Å². The molecule has 2 aliphatic rings. The summed E-state index contributed by atoms with van der Waals surface area (Å²) in [5, 5.41) is 2.83. The maximum atomic E-state index is 12.7. The number of carbonyl (C=O) groups excluding carboxylic acids is 2. The topological polar surface area (TPSA) is 82.3 Å². The van der Waals surface area contributed by atoms with E-state index in [1.165, 1.54) is 6.07 Å². The summed E-state index contributed by atoms with van der Waals surface area (Å²) >= 11 is 0. The fourth-order valence-corrected chi connectivity index (χ4v) is 3.21. The first kappa shape index (κ1) is 13.9. The number of pyridine rings is 1. The molecule has 0 radical (unpaired) electrons. The van der Waals surface area contributed by atoms with Crippen LogP contribution in [0.5, 0.6) is 0 Å². The second-order valence-corrected chi connectivity index (χ2v) is 6.13. The van der Waals surface area contributed by atoms with Crippen molar-refractivity contribution in [2.75, 3.05) is 19.6 Å². The highest BCUT2D eigenvalue weighted by Gasteiger charge is 2.43. The molecule has 2 saturated heterocycles. The highest BCUT2D eigenvalue weighted by atomic mass is 16.2. The lowest BCUT2D eigenvalue weighted by molar-refractivity contribution is -0.122. The van der Waals surface area contributed by atoms with Gasteiger partial charge in [-0.25, -0.2) is 0 Å². The number of carbonyl (C=O) groups is 2. The fourth-order valence-electron chi connectivity index (χ4n) is 3.21. The molecule has 3 heterocycles. The lowest BCUT2D eigenvalue weighted by Gasteiger charge is -2.20. The van der Waals surface area contributed by atoms with Crippen molar-refractivity contribution in [3.05, 3.63) is 33.7 Å². The van der Waals surface area contributed by atoms with Crippen molar-refractivity contribution in [2.45, 2.75) is 19.8 Å².